The minimum atomic E-state index is -4.69. The van der Waals surface area contributed by atoms with Crippen molar-refractivity contribution in [3.63, 3.8) is 0 Å². The van der Waals surface area contributed by atoms with Crippen LogP contribution in [0.1, 0.15) is 24.4 Å². The Bertz CT molecular complexity index is 1300. The molecule has 1 aliphatic rings. The van der Waals surface area contributed by atoms with Gasteiger partial charge in [0.05, 0.1) is 19.7 Å². The number of rotatable bonds is 8. The highest BCUT2D eigenvalue weighted by molar-refractivity contribution is 7.46. The van der Waals surface area contributed by atoms with E-state index in [1.807, 2.05) is 48.5 Å². The summed E-state index contributed by atoms with van der Waals surface area (Å²) in [6, 6.07) is 14.5. The van der Waals surface area contributed by atoms with Gasteiger partial charge in [-0.15, -0.1) is 0 Å². The van der Waals surface area contributed by atoms with Gasteiger partial charge in [-0.05, 0) is 35.4 Å². The molecule has 1 amide bonds. The van der Waals surface area contributed by atoms with E-state index in [1.165, 1.54) is 10.8 Å². The highest BCUT2D eigenvalue weighted by Gasteiger charge is 2.30. The van der Waals surface area contributed by atoms with Crippen LogP contribution < -0.4 is 4.74 Å². The van der Waals surface area contributed by atoms with E-state index in [-0.39, 0.29) is 25.2 Å². The molecule has 1 saturated heterocycles. The first-order chi connectivity index (χ1) is 17.2. The Kier molecular flexibility index (Phi) is 7.89. The second-order valence-corrected chi connectivity index (χ2v) is 9.49. The van der Waals surface area contributed by atoms with Gasteiger partial charge in [0.25, 0.3) is 0 Å². The van der Waals surface area contributed by atoms with Crippen molar-refractivity contribution in [1.82, 2.24) is 14.5 Å². The zero-order valence-corrected chi connectivity index (χ0v) is 20.4. The molecule has 188 valence electrons. The van der Waals surface area contributed by atoms with Crippen LogP contribution in [0.4, 0.5) is 0 Å². The molecule has 1 unspecified atom stereocenters. The Morgan fingerprint density at radius 2 is 1.78 bits per heavy atom. The molecule has 4 rings (SSSR count). The van der Waals surface area contributed by atoms with Gasteiger partial charge >= 0.3 is 7.82 Å². The Morgan fingerprint density at radius 3 is 2.36 bits per heavy atom. The third kappa shape index (κ3) is 6.61. The lowest BCUT2D eigenvalue weighted by Crippen LogP contribution is -2.55. The topological polar surface area (TPSA) is 134 Å². The van der Waals surface area contributed by atoms with Gasteiger partial charge in [-0.1, -0.05) is 36.1 Å². The van der Waals surface area contributed by atoms with Crippen LogP contribution in [-0.4, -0.2) is 61.1 Å². The van der Waals surface area contributed by atoms with Crippen LogP contribution in [0, 0.1) is 11.8 Å². The fourth-order valence-corrected chi connectivity index (χ4v) is 4.05. The monoisotopic (exact) mass is 511 g/mol. The molecule has 0 aliphatic carbocycles. The Balaban J connectivity index is 1.42. The maximum atomic E-state index is 11.3. The van der Waals surface area contributed by atoms with Crippen LogP contribution in [0.25, 0.3) is 11.1 Å². The fourth-order valence-electron chi connectivity index (χ4n) is 3.71. The van der Waals surface area contributed by atoms with Crippen molar-refractivity contribution in [2.75, 3.05) is 19.7 Å². The molecule has 3 aromatic rings. The number of carbonyl (C=O) groups excluding carboxylic acids is 1. The number of phosphoric acid groups is 1. The van der Waals surface area contributed by atoms with Gasteiger partial charge < -0.3 is 29.1 Å². The van der Waals surface area contributed by atoms with Crippen molar-refractivity contribution >= 4 is 13.7 Å². The van der Waals surface area contributed by atoms with Gasteiger partial charge in [0.15, 0.2) is 0 Å². The molecule has 3 N–H and O–H groups in total. The van der Waals surface area contributed by atoms with Crippen molar-refractivity contribution < 1.29 is 33.5 Å². The second-order valence-electron chi connectivity index (χ2n) is 8.25. The number of hydrogen-bond acceptors (Lipinski definition) is 6. The third-order valence-corrected chi connectivity index (χ3v) is 6.16. The van der Waals surface area contributed by atoms with Gasteiger partial charge in [-0.2, -0.15) is 0 Å². The quantitative estimate of drug-likeness (QED) is 0.310. The summed E-state index contributed by atoms with van der Waals surface area (Å²) in [5.74, 6) is 7.05. The Labute approximate surface area is 208 Å². The van der Waals surface area contributed by atoms with E-state index in [0.717, 1.165) is 16.9 Å². The Morgan fingerprint density at radius 1 is 1.14 bits per heavy atom. The summed E-state index contributed by atoms with van der Waals surface area (Å²) in [4.78, 5) is 35.2. The van der Waals surface area contributed by atoms with Gasteiger partial charge in [-0.3, -0.25) is 9.32 Å². The van der Waals surface area contributed by atoms with E-state index in [9.17, 15) is 14.5 Å². The summed E-state index contributed by atoms with van der Waals surface area (Å²) in [6.07, 6.45) is 3.05. The van der Waals surface area contributed by atoms with E-state index >= 15 is 0 Å². The van der Waals surface area contributed by atoms with E-state index < -0.39 is 13.9 Å². The molecule has 1 fully saturated rings. The minimum absolute atomic E-state index is 0.0179. The maximum absolute atomic E-state index is 11.3. The van der Waals surface area contributed by atoms with Crippen molar-refractivity contribution in [2.24, 2.45) is 0 Å². The molecule has 1 aliphatic heterocycles. The van der Waals surface area contributed by atoms with E-state index in [1.54, 1.807) is 18.0 Å². The maximum Gasteiger partial charge on any atom is 0.469 e. The predicted octanol–water partition coefficient (Wildman–Crippen LogP) is 2.35. The van der Waals surface area contributed by atoms with E-state index in [0.29, 0.717) is 24.5 Å². The van der Waals surface area contributed by atoms with Gasteiger partial charge in [0.2, 0.25) is 5.91 Å². The molecule has 0 bridgehead atoms. The fraction of sp³-hybridized carbons (Fsp3) is 0.280. The van der Waals surface area contributed by atoms with Crippen molar-refractivity contribution in [3.8, 4) is 28.7 Å². The average molecular weight is 511 g/mol. The van der Waals surface area contributed by atoms with E-state index in [4.69, 9.17) is 14.5 Å². The average Bonchev–Trinajstić information content (AvgIpc) is 3.30. The number of imidazole rings is 1. The first kappa shape index (κ1) is 25.6. The number of aromatic nitrogens is 2. The highest BCUT2D eigenvalue weighted by Crippen LogP contribution is 2.36. The SMILES string of the molecule is CC(=O)N1CC(Oc2ccc(-c3ccc(C#CC(COP(=O)(O)O)n4ccnc4CO)cc3)cc2)C1. The molecule has 0 radical (unpaired) electrons. The lowest BCUT2D eigenvalue weighted by atomic mass is 10.0. The summed E-state index contributed by atoms with van der Waals surface area (Å²) in [6.45, 7) is 2.04. The lowest BCUT2D eigenvalue weighted by molar-refractivity contribution is -0.137. The molecule has 2 aromatic carbocycles. The molecule has 0 spiro atoms. The molecule has 1 aromatic heterocycles. The van der Waals surface area contributed by atoms with Crippen LogP contribution in [-0.2, 0) is 20.5 Å². The molecule has 2 heterocycles. The van der Waals surface area contributed by atoms with Crippen LogP contribution >= 0.6 is 7.82 Å². The summed E-state index contributed by atoms with van der Waals surface area (Å²) < 4.78 is 23.2. The van der Waals surface area contributed by atoms with Crippen LogP contribution in [0.15, 0.2) is 60.9 Å². The summed E-state index contributed by atoms with van der Waals surface area (Å²) in [7, 11) is -4.69. The molecular weight excluding hydrogens is 485 g/mol. The number of likely N-dealkylation sites (tertiary alicyclic amines) is 1. The predicted molar refractivity (Wildman–Crippen MR) is 131 cm³/mol. The normalized spacial score (nSPS) is 14.5. The smallest absolute Gasteiger partial charge is 0.469 e. The number of aliphatic hydroxyl groups is 1. The first-order valence-corrected chi connectivity index (χ1v) is 12.7. The Hall–Kier alpha value is -3.45. The lowest BCUT2D eigenvalue weighted by Gasteiger charge is -2.38. The number of phosphoric ester groups is 1. The zero-order valence-electron chi connectivity index (χ0n) is 19.5. The van der Waals surface area contributed by atoms with Gasteiger partial charge in [0, 0.05) is 24.9 Å². The van der Waals surface area contributed by atoms with E-state index in [2.05, 4.69) is 21.3 Å². The van der Waals surface area contributed by atoms with Crippen LogP contribution in [0.2, 0.25) is 0 Å². The first-order valence-electron chi connectivity index (χ1n) is 11.2. The summed E-state index contributed by atoms with van der Waals surface area (Å²) >= 11 is 0. The number of ether oxygens (including phenoxy) is 1. The standard InChI is InChI=1S/C25H26N3O7P/c1-18(30)27-14-24(15-27)35-23-10-7-21(8-11-23)20-5-2-19(3-6-20)4-9-22(17-34-36(31,32)33)28-13-12-26-25(28)16-29/h2-3,5-8,10-13,22,24,29H,14-17H2,1H3,(H2,31,32,33). The number of amides is 1. The van der Waals surface area contributed by atoms with Crippen molar-refractivity contribution in [1.29, 1.82) is 0 Å². The molecule has 0 saturated carbocycles. The highest BCUT2D eigenvalue weighted by atomic mass is 31.2. The minimum Gasteiger partial charge on any atom is -0.487 e. The third-order valence-electron chi connectivity index (χ3n) is 5.68. The van der Waals surface area contributed by atoms with Crippen molar-refractivity contribution in [2.45, 2.75) is 25.7 Å². The van der Waals surface area contributed by atoms with Crippen molar-refractivity contribution in [3.05, 3.63) is 72.3 Å². The molecular formula is C25H26N3O7P. The van der Waals surface area contributed by atoms with Gasteiger partial charge in [0.1, 0.15) is 30.3 Å². The number of aliphatic hydroxyl groups excluding tert-OH is 1. The molecule has 11 heteroatoms. The van der Waals surface area contributed by atoms with Gasteiger partial charge in [-0.25, -0.2) is 9.55 Å². The van der Waals surface area contributed by atoms with Crippen LogP contribution in [0.5, 0.6) is 5.75 Å². The molecule has 1 atom stereocenters. The number of hydrogen-bond donors (Lipinski definition) is 3. The number of nitrogens with zero attached hydrogens (tertiary/aromatic N) is 3. The largest absolute Gasteiger partial charge is 0.487 e. The number of carbonyl (C=O) groups is 1. The molecule has 10 nitrogen and oxygen atoms in total. The summed E-state index contributed by atoms with van der Waals surface area (Å²) in [5, 5.41) is 9.47. The zero-order chi connectivity index (χ0) is 25.7. The van der Waals surface area contributed by atoms with Crippen LogP contribution in [0.3, 0.4) is 0 Å². The summed E-state index contributed by atoms with van der Waals surface area (Å²) in [5.41, 5.74) is 2.68. The number of benzene rings is 2. The second kappa shape index (κ2) is 11.1. The molecule has 36 heavy (non-hydrogen) atoms.